The maximum atomic E-state index is 2.42. The molecule has 11 aromatic rings. The van der Waals surface area contributed by atoms with Crippen LogP contribution in [0.4, 0.5) is 0 Å². The van der Waals surface area contributed by atoms with Gasteiger partial charge >= 0.3 is 0 Å². The second-order valence-corrected chi connectivity index (χ2v) is 15.4. The number of benzene rings is 9. The highest BCUT2D eigenvalue weighted by Crippen LogP contribution is 2.46. The molecule has 0 atom stereocenters. The molecule has 0 amide bonds. The van der Waals surface area contributed by atoms with Crippen LogP contribution in [0.15, 0.2) is 170 Å². The maximum Gasteiger partial charge on any atom is 0.0361 e. The smallest absolute Gasteiger partial charge is 0.0361 e. The molecule has 0 saturated heterocycles. The van der Waals surface area contributed by atoms with Crippen LogP contribution in [0.3, 0.4) is 0 Å². The van der Waals surface area contributed by atoms with Gasteiger partial charge in [0.05, 0.1) is 0 Å². The Morgan fingerprint density at radius 3 is 1.38 bits per heavy atom. The summed E-state index contributed by atoms with van der Waals surface area (Å²) < 4.78 is 5.33. The second-order valence-electron chi connectivity index (χ2n) is 13.2. The highest BCUT2D eigenvalue weighted by Gasteiger charge is 2.18. The van der Waals surface area contributed by atoms with Crippen LogP contribution in [0.5, 0.6) is 0 Å². The third-order valence-corrected chi connectivity index (χ3v) is 12.7. The molecule has 0 nitrogen and oxygen atoms in total. The summed E-state index contributed by atoms with van der Waals surface area (Å²) in [5.74, 6) is 0. The molecule has 0 spiro atoms. The highest BCUT2D eigenvalue weighted by atomic mass is 32.1. The standard InChI is InChI=1S/C48H28S2/c1-2-10-29(11-3-1)47-37-14-6-8-16-39(37)48(40-17-9-7-15-38(40)47)34-19-22-36-35-21-18-33(27-44(35)50-45(36)28-34)32-20-23-43-41(25-32)42-24-30-12-4-5-13-31(30)26-46(42)49-43/h1-28H. The number of fused-ring (bicyclic) bond motifs is 9. The molecule has 0 radical (unpaired) electrons. The van der Waals surface area contributed by atoms with Gasteiger partial charge in [0.15, 0.2) is 0 Å². The monoisotopic (exact) mass is 668 g/mol. The van der Waals surface area contributed by atoms with Crippen LogP contribution < -0.4 is 0 Å². The van der Waals surface area contributed by atoms with E-state index >= 15 is 0 Å². The van der Waals surface area contributed by atoms with E-state index in [1.165, 1.54) is 106 Å². The van der Waals surface area contributed by atoms with E-state index in [9.17, 15) is 0 Å². The fourth-order valence-electron chi connectivity index (χ4n) is 8.11. The molecule has 9 aromatic carbocycles. The Balaban J connectivity index is 1.06. The van der Waals surface area contributed by atoms with E-state index in [-0.39, 0.29) is 0 Å². The van der Waals surface area contributed by atoms with Crippen LogP contribution in [0.2, 0.25) is 0 Å². The van der Waals surface area contributed by atoms with Gasteiger partial charge in [-0.05, 0) is 102 Å². The van der Waals surface area contributed by atoms with Crippen molar-refractivity contribution in [3.05, 3.63) is 170 Å². The van der Waals surface area contributed by atoms with Crippen LogP contribution in [0, 0.1) is 0 Å². The average Bonchev–Trinajstić information content (AvgIpc) is 3.72. The van der Waals surface area contributed by atoms with E-state index in [0.29, 0.717) is 0 Å². The summed E-state index contributed by atoms with van der Waals surface area (Å²) in [5, 5.41) is 13.1. The van der Waals surface area contributed by atoms with E-state index in [2.05, 4.69) is 170 Å². The quantitative estimate of drug-likeness (QED) is 0.164. The second kappa shape index (κ2) is 10.9. The van der Waals surface area contributed by atoms with Crippen molar-refractivity contribution in [3.63, 3.8) is 0 Å². The van der Waals surface area contributed by atoms with Crippen molar-refractivity contribution in [3.8, 4) is 33.4 Å². The van der Waals surface area contributed by atoms with Gasteiger partial charge in [0.1, 0.15) is 0 Å². The minimum atomic E-state index is 1.25. The summed E-state index contributed by atoms with van der Waals surface area (Å²) >= 11 is 3.79. The molecule has 50 heavy (non-hydrogen) atoms. The van der Waals surface area contributed by atoms with Gasteiger partial charge in [0.2, 0.25) is 0 Å². The molecule has 0 aliphatic carbocycles. The van der Waals surface area contributed by atoms with E-state index in [0.717, 1.165) is 0 Å². The Bertz CT molecular complexity index is 3080. The van der Waals surface area contributed by atoms with E-state index in [4.69, 9.17) is 0 Å². The topological polar surface area (TPSA) is 0 Å². The first kappa shape index (κ1) is 28.1. The molecular weight excluding hydrogens is 641 g/mol. The lowest BCUT2D eigenvalue weighted by Gasteiger charge is -2.17. The Kier molecular flexibility index (Phi) is 6.09. The first-order valence-corrected chi connectivity index (χ1v) is 18.7. The zero-order valence-electron chi connectivity index (χ0n) is 27.0. The molecule has 232 valence electrons. The van der Waals surface area contributed by atoms with Gasteiger partial charge in [-0.15, -0.1) is 22.7 Å². The average molecular weight is 669 g/mol. The Hall–Kier alpha value is -5.80. The Morgan fingerprint density at radius 2 is 0.700 bits per heavy atom. The van der Waals surface area contributed by atoms with Crippen LogP contribution in [-0.2, 0) is 0 Å². The molecule has 0 aliphatic heterocycles. The molecule has 11 rings (SSSR count). The normalized spacial score (nSPS) is 12.0. The molecule has 0 saturated carbocycles. The molecule has 2 heterocycles. The van der Waals surface area contributed by atoms with Crippen molar-refractivity contribution in [1.82, 2.24) is 0 Å². The van der Waals surface area contributed by atoms with Crippen LogP contribution >= 0.6 is 22.7 Å². The molecule has 0 aliphatic rings. The minimum Gasteiger partial charge on any atom is -0.135 e. The minimum absolute atomic E-state index is 1.25. The Labute approximate surface area is 297 Å². The predicted octanol–water partition coefficient (Wildman–Crippen LogP) is 14.9. The summed E-state index contributed by atoms with van der Waals surface area (Å²) in [6.45, 7) is 0. The van der Waals surface area contributed by atoms with Gasteiger partial charge in [-0.1, -0.05) is 133 Å². The van der Waals surface area contributed by atoms with Gasteiger partial charge in [0, 0.05) is 40.3 Å². The molecule has 0 fully saturated rings. The summed E-state index contributed by atoms with van der Waals surface area (Å²) in [7, 11) is 0. The summed E-state index contributed by atoms with van der Waals surface area (Å²) in [6, 6.07) is 63.1. The summed E-state index contributed by atoms with van der Waals surface area (Å²) in [6.07, 6.45) is 0. The fraction of sp³-hybridized carbons (Fsp3) is 0. The predicted molar refractivity (Wildman–Crippen MR) is 221 cm³/mol. The zero-order chi connectivity index (χ0) is 32.8. The van der Waals surface area contributed by atoms with Crippen molar-refractivity contribution in [2.45, 2.75) is 0 Å². The van der Waals surface area contributed by atoms with Crippen LogP contribution in [0.25, 0.3) is 106 Å². The van der Waals surface area contributed by atoms with Gasteiger partial charge in [-0.3, -0.25) is 0 Å². The number of hydrogen-bond donors (Lipinski definition) is 0. The number of thiophene rings is 2. The van der Waals surface area contributed by atoms with Crippen LogP contribution in [0.1, 0.15) is 0 Å². The lowest BCUT2D eigenvalue weighted by atomic mass is 9.86. The highest BCUT2D eigenvalue weighted by molar-refractivity contribution is 7.26. The molecular formula is C48H28S2. The van der Waals surface area contributed by atoms with Crippen molar-refractivity contribution < 1.29 is 0 Å². The van der Waals surface area contributed by atoms with Crippen molar-refractivity contribution in [2.24, 2.45) is 0 Å². The van der Waals surface area contributed by atoms with E-state index in [1.54, 1.807) is 0 Å². The van der Waals surface area contributed by atoms with Gasteiger partial charge in [0.25, 0.3) is 0 Å². The van der Waals surface area contributed by atoms with Crippen molar-refractivity contribution >= 4 is 95.3 Å². The molecule has 0 N–H and O–H groups in total. The molecule has 0 bridgehead atoms. The first-order valence-electron chi connectivity index (χ1n) is 17.1. The fourth-order valence-corrected chi connectivity index (χ4v) is 10.4. The first-order chi connectivity index (χ1) is 24.8. The third kappa shape index (κ3) is 4.23. The summed E-state index contributed by atoms with van der Waals surface area (Å²) in [4.78, 5) is 0. The van der Waals surface area contributed by atoms with Gasteiger partial charge < -0.3 is 0 Å². The zero-order valence-corrected chi connectivity index (χ0v) is 28.6. The number of rotatable bonds is 3. The van der Waals surface area contributed by atoms with Gasteiger partial charge in [-0.25, -0.2) is 0 Å². The summed E-state index contributed by atoms with van der Waals surface area (Å²) in [5.41, 5.74) is 7.65. The number of hydrogen-bond acceptors (Lipinski definition) is 2. The third-order valence-electron chi connectivity index (χ3n) is 10.4. The SMILES string of the molecule is c1ccc(-c2c3ccccc3c(-c3ccc4c(c3)sc3cc(-c5ccc6sc7cc8ccccc8cc7c6c5)ccc34)c3ccccc23)cc1. The van der Waals surface area contributed by atoms with Crippen LogP contribution in [-0.4, -0.2) is 0 Å². The molecule has 0 unspecified atom stereocenters. The maximum absolute atomic E-state index is 2.42. The van der Waals surface area contributed by atoms with Crippen molar-refractivity contribution in [2.75, 3.05) is 0 Å². The lowest BCUT2D eigenvalue weighted by Crippen LogP contribution is -1.90. The molecule has 2 aromatic heterocycles. The van der Waals surface area contributed by atoms with E-state index < -0.39 is 0 Å². The van der Waals surface area contributed by atoms with Gasteiger partial charge in [-0.2, -0.15) is 0 Å². The Morgan fingerprint density at radius 1 is 0.240 bits per heavy atom. The largest absolute Gasteiger partial charge is 0.135 e. The van der Waals surface area contributed by atoms with Crippen molar-refractivity contribution in [1.29, 1.82) is 0 Å². The molecule has 2 heteroatoms. The van der Waals surface area contributed by atoms with E-state index in [1.807, 2.05) is 22.7 Å². The lowest BCUT2D eigenvalue weighted by molar-refractivity contribution is 1.66.